The van der Waals surface area contributed by atoms with Gasteiger partial charge in [-0.05, 0) is 31.9 Å². The molecule has 0 radical (unpaired) electrons. The maximum Gasteiger partial charge on any atom is 0.247 e. The van der Waals surface area contributed by atoms with Crippen molar-refractivity contribution in [2.75, 3.05) is 23.4 Å². The molecule has 0 saturated heterocycles. The van der Waals surface area contributed by atoms with Gasteiger partial charge in [0.25, 0.3) is 0 Å². The third-order valence-corrected chi connectivity index (χ3v) is 5.74. The molecule has 1 aliphatic rings. The zero-order chi connectivity index (χ0) is 14.4. The summed E-state index contributed by atoms with van der Waals surface area (Å²) < 4.78 is 22.1. The van der Waals surface area contributed by atoms with E-state index in [4.69, 9.17) is 5.73 Å². The second-order valence-electron chi connectivity index (χ2n) is 5.34. The van der Waals surface area contributed by atoms with Gasteiger partial charge in [-0.3, -0.25) is 4.79 Å². The van der Waals surface area contributed by atoms with Gasteiger partial charge in [0.05, 0.1) is 11.4 Å². The summed E-state index contributed by atoms with van der Waals surface area (Å²) in [6.45, 7) is 3.34. The van der Waals surface area contributed by atoms with E-state index >= 15 is 0 Å². The molecule has 1 aliphatic heterocycles. The monoisotopic (exact) mass is 282 g/mol. The van der Waals surface area contributed by atoms with E-state index in [1.807, 2.05) is 12.1 Å². The van der Waals surface area contributed by atoms with E-state index in [2.05, 4.69) is 0 Å². The molecule has 0 bridgehead atoms. The van der Waals surface area contributed by atoms with E-state index < -0.39 is 20.5 Å². The van der Waals surface area contributed by atoms with E-state index in [0.717, 1.165) is 11.8 Å². The Bertz CT molecular complexity index is 635. The lowest BCUT2D eigenvalue weighted by molar-refractivity contribution is -0.120. The summed E-state index contributed by atoms with van der Waals surface area (Å²) in [5, 5.41) is 0. The highest BCUT2D eigenvalue weighted by Crippen LogP contribution is 2.36. The first-order chi connectivity index (χ1) is 8.66. The number of hydrogen-bond acceptors (Lipinski definition) is 4. The molecule has 0 unspecified atom stereocenters. The normalized spacial score (nSPS) is 15.4. The van der Waals surface area contributed by atoms with Gasteiger partial charge in [0, 0.05) is 12.8 Å². The third kappa shape index (κ3) is 2.10. The Morgan fingerprint density at radius 2 is 2.00 bits per heavy atom. The molecule has 0 fully saturated rings. The van der Waals surface area contributed by atoms with Gasteiger partial charge < -0.3 is 10.6 Å². The first kappa shape index (κ1) is 13.9. The minimum atomic E-state index is -3.49. The summed E-state index contributed by atoms with van der Waals surface area (Å²) in [6.07, 6.45) is 1.78. The van der Waals surface area contributed by atoms with Gasteiger partial charge >= 0.3 is 0 Å². The maximum atomic E-state index is 12.5. The molecule has 5 nitrogen and oxygen atoms in total. The molecule has 1 aromatic carbocycles. The molecule has 0 aromatic heterocycles. The number of fused-ring (bicyclic) bond motifs is 1. The average Bonchev–Trinajstić information content (AvgIpc) is 2.71. The molecule has 2 rings (SSSR count). The van der Waals surface area contributed by atoms with E-state index in [1.165, 1.54) is 18.7 Å². The number of benzene rings is 1. The molecule has 0 aliphatic carbocycles. The summed E-state index contributed by atoms with van der Waals surface area (Å²) >= 11 is 0. The number of carbonyl (C=O) groups excluding carboxylic acids is 1. The van der Waals surface area contributed by atoms with Crippen LogP contribution in [-0.2, 0) is 21.1 Å². The molecule has 6 heteroatoms. The summed E-state index contributed by atoms with van der Waals surface area (Å²) in [7, 11) is -3.49. The molecule has 2 N–H and O–H groups in total. The number of nitrogens with zero attached hydrogens (tertiary/aromatic N) is 1. The SMILES string of the molecule is CC(C)(C(=O)N1CCc2cccc(N)c21)S(C)(=O)=O. The van der Waals surface area contributed by atoms with Crippen LogP contribution < -0.4 is 10.6 Å². The minimum Gasteiger partial charge on any atom is -0.397 e. The van der Waals surface area contributed by atoms with Crippen LogP contribution in [-0.4, -0.2) is 31.9 Å². The zero-order valence-electron chi connectivity index (χ0n) is 11.3. The number of anilines is 2. The van der Waals surface area contributed by atoms with Crippen molar-refractivity contribution in [1.29, 1.82) is 0 Å². The number of para-hydroxylation sites is 1. The summed E-state index contributed by atoms with van der Waals surface area (Å²) in [5.41, 5.74) is 8.06. The Balaban J connectivity index is 2.46. The number of hydrogen-bond donors (Lipinski definition) is 1. The Morgan fingerprint density at radius 3 is 2.58 bits per heavy atom. The van der Waals surface area contributed by atoms with Gasteiger partial charge in [0.1, 0.15) is 4.75 Å². The van der Waals surface area contributed by atoms with Crippen LogP contribution in [0.4, 0.5) is 11.4 Å². The van der Waals surface area contributed by atoms with Crippen LogP contribution in [0.5, 0.6) is 0 Å². The van der Waals surface area contributed by atoms with Crippen molar-refractivity contribution in [1.82, 2.24) is 0 Å². The van der Waals surface area contributed by atoms with Gasteiger partial charge in [-0.15, -0.1) is 0 Å². The average molecular weight is 282 g/mol. The fourth-order valence-electron chi connectivity index (χ4n) is 2.17. The zero-order valence-corrected chi connectivity index (χ0v) is 12.1. The molecule has 19 heavy (non-hydrogen) atoms. The van der Waals surface area contributed by atoms with E-state index in [9.17, 15) is 13.2 Å². The highest BCUT2D eigenvalue weighted by atomic mass is 32.2. The second kappa shape index (κ2) is 4.23. The first-order valence-corrected chi connectivity index (χ1v) is 7.94. The number of nitrogen functional groups attached to an aromatic ring is 1. The van der Waals surface area contributed by atoms with Crippen LogP contribution in [0.2, 0.25) is 0 Å². The number of rotatable bonds is 2. The quantitative estimate of drug-likeness (QED) is 0.820. The number of amides is 1. The number of sulfone groups is 1. The fourth-order valence-corrected chi connectivity index (χ4v) is 2.60. The van der Waals surface area contributed by atoms with Crippen LogP contribution >= 0.6 is 0 Å². The molecule has 1 heterocycles. The van der Waals surface area contributed by atoms with Crippen LogP contribution in [0.1, 0.15) is 19.4 Å². The number of nitrogens with two attached hydrogens (primary N) is 1. The first-order valence-electron chi connectivity index (χ1n) is 6.05. The lowest BCUT2D eigenvalue weighted by atomic mass is 10.1. The second-order valence-corrected chi connectivity index (χ2v) is 7.91. The van der Waals surface area contributed by atoms with Gasteiger partial charge in [-0.1, -0.05) is 12.1 Å². The third-order valence-electron chi connectivity index (χ3n) is 3.71. The fraction of sp³-hybridized carbons (Fsp3) is 0.462. The summed E-state index contributed by atoms with van der Waals surface area (Å²) in [5.74, 6) is -0.424. The largest absolute Gasteiger partial charge is 0.397 e. The van der Waals surface area contributed by atoms with Gasteiger partial charge in [0.2, 0.25) is 5.91 Å². The predicted octanol–water partition coefficient (Wildman–Crippen LogP) is 0.981. The topological polar surface area (TPSA) is 80.5 Å². The van der Waals surface area contributed by atoms with Crippen molar-refractivity contribution in [2.24, 2.45) is 0 Å². The predicted molar refractivity (Wildman–Crippen MR) is 75.8 cm³/mol. The van der Waals surface area contributed by atoms with Crippen molar-refractivity contribution in [3.05, 3.63) is 23.8 Å². The van der Waals surface area contributed by atoms with Gasteiger partial charge in [0.15, 0.2) is 9.84 Å². The van der Waals surface area contributed by atoms with Crippen LogP contribution in [0.15, 0.2) is 18.2 Å². The molecule has 1 aromatic rings. The van der Waals surface area contributed by atoms with Crippen molar-refractivity contribution in [3.63, 3.8) is 0 Å². The molecule has 0 atom stereocenters. The molecular weight excluding hydrogens is 264 g/mol. The maximum absolute atomic E-state index is 12.5. The van der Waals surface area contributed by atoms with E-state index in [-0.39, 0.29) is 0 Å². The van der Waals surface area contributed by atoms with E-state index in [1.54, 1.807) is 6.07 Å². The molecule has 0 saturated carbocycles. The molecule has 1 amide bonds. The molecule has 0 spiro atoms. The lowest BCUT2D eigenvalue weighted by Gasteiger charge is -2.28. The minimum absolute atomic E-state index is 0.424. The van der Waals surface area contributed by atoms with Crippen molar-refractivity contribution in [2.45, 2.75) is 25.0 Å². The standard InChI is InChI=1S/C13H18N2O3S/c1-13(2,19(3,17)18)12(16)15-8-7-9-5-4-6-10(14)11(9)15/h4-6H,7-8,14H2,1-3H3. The highest BCUT2D eigenvalue weighted by molar-refractivity contribution is 7.92. The smallest absolute Gasteiger partial charge is 0.247 e. The van der Waals surface area contributed by atoms with Crippen molar-refractivity contribution in [3.8, 4) is 0 Å². The summed E-state index contributed by atoms with van der Waals surface area (Å²) in [6, 6.07) is 5.47. The molecule has 104 valence electrons. The number of carbonyl (C=O) groups is 1. The van der Waals surface area contributed by atoms with Crippen molar-refractivity contribution >= 4 is 27.1 Å². The van der Waals surface area contributed by atoms with Crippen LogP contribution in [0.3, 0.4) is 0 Å². The van der Waals surface area contributed by atoms with Gasteiger partial charge in [-0.2, -0.15) is 0 Å². The Kier molecular flexibility index (Phi) is 3.09. The van der Waals surface area contributed by atoms with E-state index in [0.29, 0.717) is 24.3 Å². The Morgan fingerprint density at radius 1 is 1.37 bits per heavy atom. The lowest BCUT2D eigenvalue weighted by Crippen LogP contribution is -2.49. The van der Waals surface area contributed by atoms with Crippen LogP contribution in [0.25, 0.3) is 0 Å². The summed E-state index contributed by atoms with van der Waals surface area (Å²) in [4.78, 5) is 14.0. The Labute approximate surface area is 113 Å². The van der Waals surface area contributed by atoms with Crippen molar-refractivity contribution < 1.29 is 13.2 Å². The highest BCUT2D eigenvalue weighted by Gasteiger charge is 2.43. The Hall–Kier alpha value is -1.56. The van der Waals surface area contributed by atoms with Crippen LogP contribution in [0, 0.1) is 0 Å². The molecular formula is C13H18N2O3S. The van der Waals surface area contributed by atoms with Gasteiger partial charge in [-0.25, -0.2) is 8.42 Å².